The van der Waals surface area contributed by atoms with E-state index in [1.807, 2.05) is 6.07 Å². The monoisotopic (exact) mass is 664 g/mol. The number of piperidine rings is 1. The van der Waals surface area contributed by atoms with Crippen molar-refractivity contribution in [1.82, 2.24) is 9.88 Å². The van der Waals surface area contributed by atoms with Gasteiger partial charge < -0.3 is 20.9 Å². The van der Waals surface area contributed by atoms with Gasteiger partial charge in [-0.1, -0.05) is 12.1 Å². The number of aromatic nitrogens is 1. The van der Waals surface area contributed by atoms with Crippen LogP contribution in [0, 0.1) is 39.7 Å². The Balaban J connectivity index is 1.25. The van der Waals surface area contributed by atoms with E-state index in [0.29, 0.717) is 55.9 Å². The highest BCUT2D eigenvalue weighted by atomic mass is 79.9. The smallest absolute Gasteiger partial charge is 0.239 e. The summed E-state index contributed by atoms with van der Waals surface area (Å²) >= 11 is 3.68. The fourth-order valence-corrected chi connectivity index (χ4v) is 6.12. The molecule has 1 aliphatic heterocycles. The molecule has 0 radical (unpaired) electrons. The number of amides is 1. The average molecular weight is 666 g/mol. The van der Waals surface area contributed by atoms with E-state index in [4.69, 9.17) is 26.2 Å². The van der Waals surface area contributed by atoms with Crippen molar-refractivity contribution in [3.05, 3.63) is 82.5 Å². The summed E-state index contributed by atoms with van der Waals surface area (Å²) in [6.07, 6.45) is 3.60. The van der Waals surface area contributed by atoms with Crippen molar-refractivity contribution in [3.63, 3.8) is 0 Å². The summed E-state index contributed by atoms with van der Waals surface area (Å²) in [5.41, 5.74) is 13.8. The van der Waals surface area contributed by atoms with Gasteiger partial charge >= 0.3 is 0 Å². The molecule has 1 unspecified atom stereocenters. The van der Waals surface area contributed by atoms with Crippen molar-refractivity contribution in [3.8, 4) is 23.8 Å². The van der Waals surface area contributed by atoms with Crippen LogP contribution in [0.1, 0.15) is 60.5 Å². The van der Waals surface area contributed by atoms with Gasteiger partial charge in [0.25, 0.3) is 0 Å². The van der Waals surface area contributed by atoms with Crippen LogP contribution < -0.4 is 20.9 Å². The summed E-state index contributed by atoms with van der Waals surface area (Å²) < 4.78 is 40.4. The van der Waals surface area contributed by atoms with E-state index in [0.717, 1.165) is 18.9 Å². The first-order valence-electron chi connectivity index (χ1n) is 14.2. The Hall–Kier alpha value is -4.26. The molecule has 2 fully saturated rings. The van der Waals surface area contributed by atoms with Crippen molar-refractivity contribution in [2.75, 3.05) is 18.8 Å². The zero-order valence-electron chi connectivity index (χ0n) is 23.9. The van der Waals surface area contributed by atoms with E-state index < -0.39 is 28.1 Å². The van der Waals surface area contributed by atoms with Gasteiger partial charge in [-0.3, -0.25) is 9.69 Å². The topological polar surface area (TPSA) is 151 Å². The molecule has 1 amide bonds. The maximum absolute atomic E-state index is 15.2. The van der Waals surface area contributed by atoms with Gasteiger partial charge in [-0.05, 0) is 76.5 Å². The molecule has 0 bridgehead atoms. The number of hydrogen-bond donors (Lipinski definition) is 2. The molecular weight excluding hydrogens is 634 g/mol. The normalized spacial score (nSPS) is 17.6. The van der Waals surface area contributed by atoms with Gasteiger partial charge in [0.1, 0.15) is 18.5 Å². The predicted octanol–water partition coefficient (Wildman–Crippen LogP) is 5.42. The van der Waals surface area contributed by atoms with E-state index >= 15 is 4.39 Å². The second kappa shape index (κ2) is 12.8. The van der Waals surface area contributed by atoms with Crippen LogP contribution in [0.4, 0.5) is 14.5 Å². The number of likely N-dealkylation sites (tertiary alicyclic amines) is 1. The molecule has 5 rings (SSSR count). The number of hydrogen-bond acceptors (Lipinski definition) is 8. The van der Waals surface area contributed by atoms with Crippen molar-refractivity contribution in [2.45, 2.75) is 55.7 Å². The molecule has 44 heavy (non-hydrogen) atoms. The zero-order chi connectivity index (χ0) is 31.5. The van der Waals surface area contributed by atoms with Gasteiger partial charge in [-0.2, -0.15) is 10.5 Å². The number of ether oxygens (including phenoxy) is 2. The number of carbonyl (C=O) groups is 1. The zero-order valence-corrected chi connectivity index (χ0v) is 25.4. The summed E-state index contributed by atoms with van der Waals surface area (Å²) in [7, 11) is 0. The molecule has 1 aromatic heterocycles. The number of nitrogens with two attached hydrogens (primary N) is 2. The highest BCUT2D eigenvalue weighted by molar-refractivity contribution is 9.10. The predicted molar refractivity (Wildman–Crippen MR) is 161 cm³/mol. The highest BCUT2D eigenvalue weighted by Gasteiger charge is 2.44. The molecule has 2 aliphatic rings. The summed E-state index contributed by atoms with van der Waals surface area (Å²) in [5.74, 6) is -1.63. The molecule has 2 aromatic carbocycles. The van der Waals surface area contributed by atoms with Crippen LogP contribution in [-0.2, 0) is 17.8 Å². The molecule has 1 atom stereocenters. The summed E-state index contributed by atoms with van der Waals surface area (Å²) in [5, 5.41) is 18.1. The average Bonchev–Trinajstić information content (AvgIpc) is 3.75. The molecule has 1 saturated carbocycles. The molecule has 12 heteroatoms. The number of halogens is 3. The highest BCUT2D eigenvalue weighted by Crippen LogP contribution is 2.52. The first kappa shape index (κ1) is 31.2. The van der Waals surface area contributed by atoms with Gasteiger partial charge in [-0.15, -0.1) is 0 Å². The Morgan fingerprint density at radius 3 is 2.48 bits per heavy atom. The third-order valence-electron chi connectivity index (χ3n) is 8.26. The van der Waals surface area contributed by atoms with Gasteiger partial charge in [0.15, 0.2) is 16.1 Å². The SMILES string of the molecule is N#CCC1(Cc2ccc(F)c(C(C(N)=O)N3CCC(Br)(Oc4cccc(COc5ccc(C#N)cc5F)n4)CC3)c2N)CC1. The number of nitriles is 2. The maximum Gasteiger partial charge on any atom is 0.239 e. The number of alkyl halides is 1. The van der Waals surface area contributed by atoms with E-state index in [-0.39, 0.29) is 34.6 Å². The number of anilines is 1. The third-order valence-corrected chi connectivity index (χ3v) is 9.21. The van der Waals surface area contributed by atoms with Gasteiger partial charge in [0.05, 0.1) is 23.4 Å². The third kappa shape index (κ3) is 6.93. The first-order valence-corrected chi connectivity index (χ1v) is 15.0. The van der Waals surface area contributed by atoms with Crippen LogP contribution >= 0.6 is 15.9 Å². The van der Waals surface area contributed by atoms with Crippen LogP contribution in [0.15, 0.2) is 48.5 Å². The Bertz CT molecular complexity index is 1640. The van der Waals surface area contributed by atoms with Crippen LogP contribution in [-0.4, -0.2) is 33.4 Å². The molecule has 4 N–H and O–H groups in total. The number of carbonyl (C=O) groups excluding carboxylic acids is 1. The van der Waals surface area contributed by atoms with Crippen LogP contribution in [0.25, 0.3) is 0 Å². The molecule has 9 nitrogen and oxygen atoms in total. The molecule has 0 spiro atoms. The molecule has 3 aromatic rings. The summed E-state index contributed by atoms with van der Waals surface area (Å²) in [4.78, 5) is 19.0. The Kier molecular flexibility index (Phi) is 9.05. The number of pyridine rings is 1. The van der Waals surface area contributed by atoms with Gasteiger partial charge in [0, 0.05) is 49.7 Å². The Morgan fingerprint density at radius 2 is 1.84 bits per heavy atom. The number of primary amides is 1. The minimum atomic E-state index is -1.07. The number of benzene rings is 2. The summed E-state index contributed by atoms with van der Waals surface area (Å²) in [6, 6.07) is 15.1. The lowest BCUT2D eigenvalue weighted by atomic mass is 9.89. The standard InChI is InChI=1S/C32H31BrF2N6O3/c33-32(44-26-3-1-2-22(40-26)19-43-25-7-4-20(18-37)16-24(25)35)11-14-41(15-12-32)29(30(39)42)27-23(34)6-5-21(28(27)38)17-31(8-9-31)10-13-36/h1-7,16,29H,8-12,14-15,17,19,38H2,(H2,39,42). The lowest BCUT2D eigenvalue weighted by molar-refractivity contribution is -0.124. The lowest BCUT2D eigenvalue weighted by Gasteiger charge is -2.40. The first-order chi connectivity index (χ1) is 21.0. The largest absolute Gasteiger partial charge is 0.484 e. The van der Waals surface area contributed by atoms with Crippen LogP contribution in [0.2, 0.25) is 0 Å². The second-order valence-corrected chi connectivity index (χ2v) is 12.8. The van der Waals surface area contributed by atoms with Crippen molar-refractivity contribution in [2.24, 2.45) is 11.1 Å². The van der Waals surface area contributed by atoms with E-state index in [9.17, 15) is 14.4 Å². The van der Waals surface area contributed by atoms with E-state index in [2.05, 4.69) is 27.0 Å². The van der Waals surface area contributed by atoms with Crippen molar-refractivity contribution < 1.29 is 23.0 Å². The van der Waals surface area contributed by atoms with Crippen LogP contribution in [0.3, 0.4) is 0 Å². The van der Waals surface area contributed by atoms with Crippen molar-refractivity contribution >= 4 is 27.5 Å². The molecule has 2 heterocycles. The molecule has 228 valence electrons. The minimum absolute atomic E-state index is 0.00211. The maximum atomic E-state index is 15.2. The van der Waals surface area contributed by atoms with Crippen LogP contribution in [0.5, 0.6) is 11.6 Å². The fraction of sp³-hybridized carbons (Fsp3) is 0.375. The molecule has 1 saturated heterocycles. The molecular formula is C32H31BrF2N6O3. The Morgan fingerprint density at radius 1 is 1.09 bits per heavy atom. The second-order valence-electron chi connectivity index (χ2n) is 11.4. The van der Waals surface area contributed by atoms with Crippen molar-refractivity contribution in [1.29, 1.82) is 10.5 Å². The van der Waals surface area contributed by atoms with Gasteiger partial charge in [0.2, 0.25) is 11.8 Å². The van der Waals surface area contributed by atoms with Gasteiger partial charge in [-0.25, -0.2) is 13.8 Å². The molecule has 1 aliphatic carbocycles. The quantitative estimate of drug-likeness (QED) is 0.204. The summed E-state index contributed by atoms with van der Waals surface area (Å²) in [6.45, 7) is 0.676. The minimum Gasteiger partial charge on any atom is -0.484 e. The Labute approximate surface area is 262 Å². The lowest BCUT2D eigenvalue weighted by Crippen LogP contribution is -2.48. The number of nitrogens with zero attached hydrogens (tertiary/aromatic N) is 4. The van der Waals surface area contributed by atoms with E-state index in [1.54, 1.807) is 29.2 Å². The number of rotatable bonds is 11. The fourth-order valence-electron chi connectivity index (χ4n) is 5.60. The van der Waals surface area contributed by atoms with E-state index in [1.165, 1.54) is 18.2 Å². The number of nitrogen functional groups attached to an aromatic ring is 1.